The molecule has 2 bridgehead atoms. The molecule has 1 heteroatoms. The van der Waals surface area contributed by atoms with Gasteiger partial charge in [0.2, 0.25) is 0 Å². The minimum absolute atomic E-state index is 0.118. The Morgan fingerprint density at radius 3 is 2.20 bits per heavy atom. The standard InChI is InChI=1S/C14H22O/c1-9-10-6-11(8-13(9,2)3)12(15)14(4,5)7-10/h10-11H,1,6-8H2,2-5H3/t10-,11-/m1/s1. The Kier molecular flexibility index (Phi) is 2.15. The molecule has 0 heterocycles. The quantitative estimate of drug-likeness (QED) is 0.553. The van der Waals surface area contributed by atoms with Crippen molar-refractivity contribution < 1.29 is 4.79 Å². The van der Waals surface area contributed by atoms with Crippen LogP contribution in [0.25, 0.3) is 0 Å². The lowest BCUT2D eigenvalue weighted by molar-refractivity contribution is -0.138. The summed E-state index contributed by atoms with van der Waals surface area (Å²) < 4.78 is 0. The zero-order valence-electron chi connectivity index (χ0n) is 10.4. The van der Waals surface area contributed by atoms with Crippen molar-refractivity contribution in [2.24, 2.45) is 22.7 Å². The number of carbonyl (C=O) groups excluding carboxylic acids is 1. The van der Waals surface area contributed by atoms with Crippen LogP contribution >= 0.6 is 0 Å². The summed E-state index contributed by atoms with van der Waals surface area (Å²) in [6, 6.07) is 0. The summed E-state index contributed by atoms with van der Waals surface area (Å²) in [7, 11) is 0. The van der Waals surface area contributed by atoms with Crippen LogP contribution in [0.15, 0.2) is 12.2 Å². The number of ketones is 1. The Hall–Kier alpha value is -0.590. The van der Waals surface area contributed by atoms with Gasteiger partial charge in [0.25, 0.3) is 0 Å². The average Bonchev–Trinajstić information content (AvgIpc) is 2.09. The number of fused-ring (bicyclic) bond motifs is 2. The van der Waals surface area contributed by atoms with E-state index in [4.69, 9.17) is 0 Å². The second-order valence-electron chi connectivity index (χ2n) is 6.70. The molecule has 2 rings (SSSR count). The topological polar surface area (TPSA) is 17.1 Å². The molecule has 2 aliphatic rings. The molecule has 0 aliphatic heterocycles. The lowest BCUT2D eigenvalue weighted by Gasteiger charge is -2.49. The molecule has 1 nitrogen and oxygen atoms in total. The Bertz CT molecular complexity index is 290. The van der Waals surface area contributed by atoms with Crippen LogP contribution in [-0.4, -0.2) is 5.78 Å². The molecule has 0 aromatic heterocycles. The molecule has 2 aliphatic carbocycles. The summed E-state index contributed by atoms with van der Waals surface area (Å²) in [5, 5.41) is 0. The van der Waals surface area contributed by atoms with Crippen molar-refractivity contribution in [2.75, 3.05) is 0 Å². The van der Waals surface area contributed by atoms with E-state index >= 15 is 0 Å². The first-order valence-corrected chi connectivity index (χ1v) is 5.98. The molecule has 0 aromatic rings. The third-order valence-electron chi connectivity index (χ3n) is 4.48. The SMILES string of the molecule is C=C1[C@@H]2C[C@H](CC1(C)C)C(=O)C(C)(C)C2. The maximum atomic E-state index is 12.2. The van der Waals surface area contributed by atoms with Crippen LogP contribution in [0.1, 0.15) is 47.0 Å². The molecule has 15 heavy (non-hydrogen) atoms. The number of allylic oxidation sites excluding steroid dienone is 1. The van der Waals surface area contributed by atoms with Crippen molar-refractivity contribution in [2.45, 2.75) is 47.0 Å². The van der Waals surface area contributed by atoms with Crippen LogP contribution in [0.5, 0.6) is 0 Å². The highest BCUT2D eigenvalue weighted by Crippen LogP contribution is 2.54. The maximum Gasteiger partial charge on any atom is 0.141 e. The zero-order chi connectivity index (χ0) is 11.4. The lowest BCUT2D eigenvalue weighted by atomic mass is 9.54. The molecule has 0 radical (unpaired) electrons. The number of Topliss-reactive ketones (excluding diaryl/α,β-unsaturated/α-hetero) is 1. The summed E-state index contributed by atoms with van der Waals surface area (Å²) in [5.74, 6) is 1.35. The Morgan fingerprint density at radius 1 is 1.07 bits per heavy atom. The predicted octanol–water partition coefficient (Wildman–Crippen LogP) is 3.59. The van der Waals surface area contributed by atoms with Crippen LogP contribution in [-0.2, 0) is 4.79 Å². The fourth-order valence-electron chi connectivity index (χ4n) is 3.54. The van der Waals surface area contributed by atoms with E-state index in [9.17, 15) is 4.79 Å². The largest absolute Gasteiger partial charge is 0.299 e. The maximum absolute atomic E-state index is 12.2. The van der Waals surface area contributed by atoms with Gasteiger partial charge in [-0.05, 0) is 30.6 Å². The van der Waals surface area contributed by atoms with Gasteiger partial charge in [0.1, 0.15) is 5.78 Å². The summed E-state index contributed by atoms with van der Waals surface area (Å²) in [6.45, 7) is 12.9. The molecule has 84 valence electrons. The Labute approximate surface area is 92.9 Å². The second-order valence-corrected chi connectivity index (χ2v) is 6.70. The minimum Gasteiger partial charge on any atom is -0.299 e. The van der Waals surface area contributed by atoms with E-state index in [1.54, 1.807) is 0 Å². The van der Waals surface area contributed by atoms with E-state index in [-0.39, 0.29) is 10.8 Å². The van der Waals surface area contributed by atoms with Crippen molar-refractivity contribution >= 4 is 5.78 Å². The molecule has 0 spiro atoms. The van der Waals surface area contributed by atoms with E-state index in [0.717, 1.165) is 19.3 Å². The third-order valence-corrected chi connectivity index (χ3v) is 4.48. The van der Waals surface area contributed by atoms with Gasteiger partial charge >= 0.3 is 0 Å². The first-order chi connectivity index (χ1) is 6.74. The fourth-order valence-corrected chi connectivity index (χ4v) is 3.54. The fraction of sp³-hybridized carbons (Fsp3) is 0.786. The van der Waals surface area contributed by atoms with E-state index in [2.05, 4.69) is 34.3 Å². The first kappa shape index (κ1) is 10.9. The zero-order valence-corrected chi connectivity index (χ0v) is 10.4. The number of hydrogen-bond donors (Lipinski definition) is 0. The van der Waals surface area contributed by atoms with Gasteiger partial charge in [0.15, 0.2) is 0 Å². The van der Waals surface area contributed by atoms with Gasteiger partial charge in [0, 0.05) is 11.3 Å². The molecule has 2 fully saturated rings. The molecular weight excluding hydrogens is 184 g/mol. The van der Waals surface area contributed by atoms with Gasteiger partial charge in [0.05, 0.1) is 0 Å². The first-order valence-electron chi connectivity index (χ1n) is 5.98. The highest BCUT2D eigenvalue weighted by atomic mass is 16.1. The summed E-state index contributed by atoms with van der Waals surface area (Å²) >= 11 is 0. The number of carbonyl (C=O) groups is 1. The number of hydrogen-bond acceptors (Lipinski definition) is 1. The van der Waals surface area contributed by atoms with Crippen LogP contribution in [0.2, 0.25) is 0 Å². The van der Waals surface area contributed by atoms with E-state index in [0.29, 0.717) is 17.6 Å². The molecule has 0 aromatic carbocycles. The molecular formula is C14H22O. The normalized spacial score (nSPS) is 37.9. The molecule has 0 N–H and O–H groups in total. The van der Waals surface area contributed by atoms with Crippen molar-refractivity contribution in [3.8, 4) is 0 Å². The van der Waals surface area contributed by atoms with E-state index in [1.165, 1.54) is 5.57 Å². The summed E-state index contributed by atoms with van der Waals surface area (Å²) in [4.78, 5) is 12.2. The minimum atomic E-state index is -0.118. The van der Waals surface area contributed by atoms with Gasteiger partial charge in [-0.1, -0.05) is 39.8 Å². The van der Waals surface area contributed by atoms with Gasteiger partial charge in [-0.25, -0.2) is 0 Å². The highest BCUT2D eigenvalue weighted by molar-refractivity contribution is 5.87. The molecule has 0 unspecified atom stereocenters. The second kappa shape index (κ2) is 2.96. The van der Waals surface area contributed by atoms with Gasteiger partial charge < -0.3 is 0 Å². The number of rotatable bonds is 0. The Balaban J connectivity index is 2.34. The predicted molar refractivity (Wildman–Crippen MR) is 62.5 cm³/mol. The van der Waals surface area contributed by atoms with Crippen LogP contribution in [0, 0.1) is 22.7 Å². The summed E-state index contributed by atoms with van der Waals surface area (Å²) in [6.07, 6.45) is 3.07. The van der Waals surface area contributed by atoms with Crippen LogP contribution in [0.4, 0.5) is 0 Å². The van der Waals surface area contributed by atoms with Crippen molar-refractivity contribution in [3.63, 3.8) is 0 Å². The monoisotopic (exact) mass is 206 g/mol. The molecule has 2 saturated carbocycles. The average molecular weight is 206 g/mol. The van der Waals surface area contributed by atoms with Gasteiger partial charge in [-0.2, -0.15) is 0 Å². The summed E-state index contributed by atoms with van der Waals surface area (Å²) in [5.41, 5.74) is 1.42. The third kappa shape index (κ3) is 1.56. The molecule has 2 atom stereocenters. The van der Waals surface area contributed by atoms with Crippen molar-refractivity contribution in [1.29, 1.82) is 0 Å². The van der Waals surface area contributed by atoms with E-state index in [1.807, 2.05) is 0 Å². The van der Waals surface area contributed by atoms with Gasteiger partial charge in [-0.15, -0.1) is 0 Å². The Morgan fingerprint density at radius 2 is 1.60 bits per heavy atom. The highest BCUT2D eigenvalue weighted by Gasteiger charge is 2.49. The molecule has 0 amide bonds. The van der Waals surface area contributed by atoms with Crippen LogP contribution in [0.3, 0.4) is 0 Å². The smallest absolute Gasteiger partial charge is 0.141 e. The lowest BCUT2D eigenvalue weighted by Crippen LogP contribution is -2.46. The van der Waals surface area contributed by atoms with Crippen molar-refractivity contribution in [3.05, 3.63) is 12.2 Å². The van der Waals surface area contributed by atoms with Crippen molar-refractivity contribution in [1.82, 2.24) is 0 Å². The molecule has 0 saturated heterocycles. The van der Waals surface area contributed by atoms with Crippen LogP contribution < -0.4 is 0 Å². The van der Waals surface area contributed by atoms with Gasteiger partial charge in [-0.3, -0.25) is 4.79 Å². The van der Waals surface area contributed by atoms with E-state index < -0.39 is 0 Å².